The minimum Gasteiger partial charge on any atom is -0.335 e. The Bertz CT molecular complexity index is 475. The molecule has 0 atom stereocenters. The predicted molar refractivity (Wildman–Crippen MR) is 71.2 cm³/mol. The fourth-order valence-electron chi connectivity index (χ4n) is 2.31. The van der Waals surface area contributed by atoms with E-state index in [4.69, 9.17) is 5.26 Å². The van der Waals surface area contributed by atoms with Gasteiger partial charge in [0.15, 0.2) is 0 Å². The van der Waals surface area contributed by atoms with Gasteiger partial charge in [-0.1, -0.05) is 19.3 Å². The lowest BCUT2D eigenvalue weighted by atomic mass is 9.96. The van der Waals surface area contributed by atoms with Crippen molar-refractivity contribution in [3.63, 3.8) is 0 Å². The van der Waals surface area contributed by atoms with Crippen LogP contribution < -0.4 is 10.6 Å². The Morgan fingerprint density at radius 3 is 2.95 bits per heavy atom. The molecule has 0 radical (unpaired) electrons. The molecule has 0 aromatic carbocycles. The average Bonchev–Trinajstić information content (AvgIpc) is 2.46. The summed E-state index contributed by atoms with van der Waals surface area (Å²) in [6.45, 7) is 0.412. The first-order valence-corrected chi connectivity index (χ1v) is 6.67. The number of rotatable bonds is 3. The van der Waals surface area contributed by atoms with Crippen molar-refractivity contribution in [3.05, 3.63) is 29.6 Å². The molecular formula is C14H18N4O. The number of urea groups is 1. The van der Waals surface area contributed by atoms with Crippen LogP contribution in [0.3, 0.4) is 0 Å². The van der Waals surface area contributed by atoms with Crippen LogP contribution in [0, 0.1) is 11.3 Å². The lowest BCUT2D eigenvalue weighted by Crippen LogP contribution is -2.42. The normalized spacial score (nSPS) is 15.5. The topological polar surface area (TPSA) is 77.8 Å². The zero-order chi connectivity index (χ0) is 13.5. The average molecular weight is 258 g/mol. The molecule has 5 heteroatoms. The van der Waals surface area contributed by atoms with Crippen LogP contribution in [0.15, 0.2) is 18.3 Å². The Morgan fingerprint density at radius 1 is 1.42 bits per heavy atom. The predicted octanol–water partition coefficient (Wildman–Crippen LogP) is 2.09. The van der Waals surface area contributed by atoms with Crippen molar-refractivity contribution in [1.82, 2.24) is 15.6 Å². The fraction of sp³-hybridized carbons (Fsp3) is 0.500. The maximum atomic E-state index is 11.7. The van der Waals surface area contributed by atoms with Crippen LogP contribution in [0.5, 0.6) is 0 Å². The van der Waals surface area contributed by atoms with E-state index in [0.29, 0.717) is 18.3 Å². The van der Waals surface area contributed by atoms with Gasteiger partial charge in [-0.05, 0) is 30.5 Å². The third-order valence-corrected chi connectivity index (χ3v) is 3.33. The molecule has 2 rings (SSSR count). The number of nitrogens with zero attached hydrogens (tertiary/aromatic N) is 2. The Morgan fingerprint density at radius 2 is 2.21 bits per heavy atom. The highest BCUT2D eigenvalue weighted by Gasteiger charge is 2.15. The Kier molecular flexibility index (Phi) is 4.73. The summed E-state index contributed by atoms with van der Waals surface area (Å²) >= 11 is 0. The molecule has 1 aliphatic carbocycles. The van der Waals surface area contributed by atoms with Gasteiger partial charge in [-0.15, -0.1) is 0 Å². The number of carbonyl (C=O) groups is 1. The molecule has 1 fully saturated rings. The summed E-state index contributed by atoms with van der Waals surface area (Å²) in [5.74, 6) is 0. The van der Waals surface area contributed by atoms with E-state index in [1.54, 1.807) is 18.3 Å². The van der Waals surface area contributed by atoms with Gasteiger partial charge in [-0.2, -0.15) is 5.26 Å². The summed E-state index contributed by atoms with van der Waals surface area (Å²) in [5.41, 5.74) is 1.25. The van der Waals surface area contributed by atoms with E-state index in [9.17, 15) is 4.79 Å². The van der Waals surface area contributed by atoms with Crippen molar-refractivity contribution in [3.8, 4) is 6.07 Å². The smallest absolute Gasteiger partial charge is 0.315 e. The van der Waals surface area contributed by atoms with E-state index in [1.165, 1.54) is 19.3 Å². The van der Waals surface area contributed by atoms with E-state index in [0.717, 1.165) is 18.4 Å². The fourth-order valence-corrected chi connectivity index (χ4v) is 2.31. The van der Waals surface area contributed by atoms with Gasteiger partial charge in [0, 0.05) is 18.8 Å². The third kappa shape index (κ3) is 4.25. The van der Waals surface area contributed by atoms with Crippen molar-refractivity contribution in [2.24, 2.45) is 0 Å². The van der Waals surface area contributed by atoms with E-state index < -0.39 is 0 Å². The van der Waals surface area contributed by atoms with Gasteiger partial charge < -0.3 is 10.6 Å². The van der Waals surface area contributed by atoms with E-state index in [2.05, 4.69) is 15.6 Å². The molecule has 0 bridgehead atoms. The summed E-state index contributed by atoms with van der Waals surface area (Å²) in [4.78, 5) is 15.6. The van der Waals surface area contributed by atoms with Crippen LogP contribution in [0.1, 0.15) is 43.4 Å². The molecule has 100 valence electrons. The van der Waals surface area contributed by atoms with Crippen molar-refractivity contribution < 1.29 is 4.79 Å². The van der Waals surface area contributed by atoms with Gasteiger partial charge in [0.2, 0.25) is 0 Å². The lowest BCUT2D eigenvalue weighted by molar-refractivity contribution is 0.232. The van der Waals surface area contributed by atoms with Gasteiger partial charge in [0.05, 0.1) is 0 Å². The third-order valence-electron chi connectivity index (χ3n) is 3.33. The number of amides is 2. The number of nitriles is 1. The number of carbonyl (C=O) groups excluding carboxylic acids is 1. The summed E-state index contributed by atoms with van der Waals surface area (Å²) < 4.78 is 0. The van der Waals surface area contributed by atoms with Gasteiger partial charge in [0.25, 0.3) is 0 Å². The number of aromatic nitrogens is 1. The summed E-state index contributed by atoms with van der Waals surface area (Å²) in [6, 6.07) is 5.63. The highest BCUT2D eigenvalue weighted by atomic mass is 16.2. The maximum absolute atomic E-state index is 11.7. The molecule has 0 aliphatic heterocycles. The van der Waals surface area contributed by atoms with Gasteiger partial charge in [-0.25, -0.2) is 9.78 Å². The van der Waals surface area contributed by atoms with Crippen LogP contribution in [-0.2, 0) is 6.54 Å². The van der Waals surface area contributed by atoms with Gasteiger partial charge in [-0.3, -0.25) is 0 Å². The largest absolute Gasteiger partial charge is 0.335 e. The summed E-state index contributed by atoms with van der Waals surface area (Å²) in [7, 11) is 0. The van der Waals surface area contributed by atoms with Crippen LogP contribution in [0.25, 0.3) is 0 Å². The number of nitrogens with one attached hydrogen (secondary N) is 2. The molecule has 0 saturated heterocycles. The zero-order valence-corrected chi connectivity index (χ0v) is 10.9. The van der Waals surface area contributed by atoms with Crippen LogP contribution >= 0.6 is 0 Å². The molecule has 0 unspecified atom stereocenters. The second-order valence-electron chi connectivity index (χ2n) is 4.82. The molecule has 0 spiro atoms. The van der Waals surface area contributed by atoms with Gasteiger partial charge in [0.1, 0.15) is 11.8 Å². The highest BCUT2D eigenvalue weighted by Crippen LogP contribution is 2.17. The van der Waals surface area contributed by atoms with Crippen molar-refractivity contribution in [1.29, 1.82) is 5.26 Å². The van der Waals surface area contributed by atoms with Crippen LogP contribution in [-0.4, -0.2) is 17.1 Å². The molecule has 1 aromatic rings. The lowest BCUT2D eigenvalue weighted by Gasteiger charge is -2.22. The zero-order valence-electron chi connectivity index (χ0n) is 10.9. The Hall–Kier alpha value is -2.09. The summed E-state index contributed by atoms with van der Waals surface area (Å²) in [5, 5.41) is 14.5. The monoisotopic (exact) mass is 258 g/mol. The van der Waals surface area contributed by atoms with Gasteiger partial charge >= 0.3 is 6.03 Å². The molecular weight excluding hydrogens is 240 g/mol. The van der Waals surface area contributed by atoms with E-state index in [-0.39, 0.29) is 6.03 Å². The molecule has 2 amide bonds. The first-order chi connectivity index (χ1) is 9.28. The molecule has 1 aliphatic rings. The van der Waals surface area contributed by atoms with E-state index >= 15 is 0 Å². The van der Waals surface area contributed by atoms with Crippen LogP contribution in [0.2, 0.25) is 0 Å². The Labute approximate surface area is 113 Å². The van der Waals surface area contributed by atoms with Crippen LogP contribution in [0.4, 0.5) is 4.79 Å². The minimum absolute atomic E-state index is 0.137. The number of hydrogen-bond acceptors (Lipinski definition) is 3. The molecule has 1 heterocycles. The van der Waals surface area contributed by atoms with Crippen molar-refractivity contribution in [2.75, 3.05) is 0 Å². The van der Waals surface area contributed by atoms with Crippen molar-refractivity contribution in [2.45, 2.75) is 44.7 Å². The molecule has 2 N–H and O–H groups in total. The maximum Gasteiger partial charge on any atom is 0.315 e. The van der Waals surface area contributed by atoms with Crippen molar-refractivity contribution >= 4 is 6.03 Å². The number of pyridine rings is 1. The molecule has 19 heavy (non-hydrogen) atoms. The first-order valence-electron chi connectivity index (χ1n) is 6.67. The first kappa shape index (κ1) is 13.3. The summed E-state index contributed by atoms with van der Waals surface area (Å²) in [6.07, 6.45) is 7.38. The molecule has 1 aromatic heterocycles. The second kappa shape index (κ2) is 6.74. The quantitative estimate of drug-likeness (QED) is 0.871. The number of hydrogen-bond donors (Lipinski definition) is 2. The standard InChI is InChI=1S/C14H18N4O/c15-9-13-8-11(6-7-16-13)10-17-14(19)18-12-4-2-1-3-5-12/h6-8,12H,1-5,10H2,(H2,17,18,19). The second-order valence-corrected chi connectivity index (χ2v) is 4.82. The highest BCUT2D eigenvalue weighted by molar-refractivity contribution is 5.74. The van der Waals surface area contributed by atoms with E-state index in [1.807, 2.05) is 6.07 Å². The Balaban J connectivity index is 1.78. The SMILES string of the molecule is N#Cc1cc(CNC(=O)NC2CCCCC2)ccn1. The minimum atomic E-state index is -0.137. The molecule has 1 saturated carbocycles. The molecule has 5 nitrogen and oxygen atoms in total.